The van der Waals surface area contributed by atoms with E-state index in [1.165, 1.54) is 14.2 Å². The maximum atomic E-state index is 11.2. The van der Waals surface area contributed by atoms with Crippen molar-refractivity contribution in [2.24, 2.45) is 0 Å². The van der Waals surface area contributed by atoms with E-state index in [0.717, 1.165) is 31.2 Å². The van der Waals surface area contributed by atoms with Gasteiger partial charge in [0.1, 0.15) is 17.6 Å². The Morgan fingerprint density at radius 3 is 2.45 bits per heavy atom. The summed E-state index contributed by atoms with van der Waals surface area (Å²) in [5.74, 6) is -0.0146. The van der Waals surface area contributed by atoms with Crippen LogP contribution >= 0.6 is 0 Å². The number of carboxylic acid groups (broad SMARTS) is 1. The van der Waals surface area contributed by atoms with Crippen LogP contribution in [0.15, 0.2) is 12.1 Å². The fourth-order valence-electron chi connectivity index (χ4n) is 2.55. The second kappa shape index (κ2) is 8.93. The molecule has 1 atom stereocenters. The van der Waals surface area contributed by atoms with Crippen molar-refractivity contribution in [2.45, 2.75) is 44.9 Å². The monoisotopic (exact) mass is 305 g/mol. The largest absolute Gasteiger partial charge is 0.496 e. The van der Waals surface area contributed by atoms with Crippen LogP contribution in [0.2, 0.25) is 0 Å². The van der Waals surface area contributed by atoms with Gasteiger partial charge in [-0.2, -0.15) is 5.26 Å². The van der Waals surface area contributed by atoms with Crippen molar-refractivity contribution in [1.82, 2.24) is 0 Å². The van der Waals surface area contributed by atoms with Crippen LogP contribution in [0.3, 0.4) is 0 Å². The van der Waals surface area contributed by atoms with Crippen LogP contribution in [0, 0.1) is 11.3 Å². The van der Waals surface area contributed by atoms with Crippen LogP contribution in [-0.2, 0) is 4.79 Å². The van der Waals surface area contributed by atoms with Crippen molar-refractivity contribution in [3.8, 4) is 17.6 Å². The van der Waals surface area contributed by atoms with Gasteiger partial charge in [-0.3, -0.25) is 4.79 Å². The van der Waals surface area contributed by atoms with Gasteiger partial charge in [0.2, 0.25) is 0 Å². The maximum absolute atomic E-state index is 11.2. The molecular weight excluding hydrogens is 282 g/mol. The Hall–Kier alpha value is -2.22. The molecule has 0 saturated carbocycles. The van der Waals surface area contributed by atoms with Crippen molar-refractivity contribution in [1.29, 1.82) is 5.26 Å². The summed E-state index contributed by atoms with van der Waals surface area (Å²) in [6, 6.07) is 5.43. The fraction of sp³-hybridized carbons (Fsp3) is 0.529. The van der Waals surface area contributed by atoms with E-state index < -0.39 is 5.97 Å². The predicted octanol–water partition coefficient (Wildman–Crippen LogP) is 3.71. The molecule has 1 N–H and O–H groups in total. The van der Waals surface area contributed by atoms with E-state index >= 15 is 0 Å². The number of benzene rings is 1. The smallest absolute Gasteiger partial charge is 0.303 e. The minimum absolute atomic E-state index is 0.0251. The number of rotatable bonds is 9. The molecule has 0 fully saturated rings. The molecule has 0 aliphatic rings. The SMILES string of the molecule is CCCCCC(CC(=O)O)c1cc(C#N)c(OC)cc1OC. The zero-order chi connectivity index (χ0) is 16.5. The maximum Gasteiger partial charge on any atom is 0.303 e. The average molecular weight is 305 g/mol. The second-order valence-corrected chi connectivity index (χ2v) is 5.20. The van der Waals surface area contributed by atoms with Crippen LogP contribution in [0.25, 0.3) is 0 Å². The number of nitriles is 1. The topological polar surface area (TPSA) is 79.5 Å². The summed E-state index contributed by atoms with van der Waals surface area (Å²) >= 11 is 0. The molecule has 0 saturated heterocycles. The Morgan fingerprint density at radius 1 is 1.27 bits per heavy atom. The van der Waals surface area contributed by atoms with E-state index in [4.69, 9.17) is 14.6 Å². The van der Waals surface area contributed by atoms with Crippen LogP contribution in [0.4, 0.5) is 0 Å². The first-order valence-electron chi connectivity index (χ1n) is 7.45. The van der Waals surface area contributed by atoms with E-state index in [2.05, 4.69) is 13.0 Å². The van der Waals surface area contributed by atoms with E-state index in [1.807, 2.05) is 0 Å². The van der Waals surface area contributed by atoms with Crippen molar-refractivity contribution in [2.75, 3.05) is 14.2 Å². The Bertz CT molecular complexity index is 548. The highest BCUT2D eigenvalue weighted by Gasteiger charge is 2.21. The summed E-state index contributed by atoms with van der Waals surface area (Å²) < 4.78 is 10.5. The Balaban J connectivity index is 3.20. The van der Waals surface area contributed by atoms with Gasteiger partial charge in [-0.15, -0.1) is 0 Å². The summed E-state index contributed by atoms with van der Waals surface area (Å²) in [4.78, 5) is 11.2. The third kappa shape index (κ3) is 4.66. The number of carboxylic acids is 1. The predicted molar refractivity (Wildman–Crippen MR) is 83.4 cm³/mol. The molecule has 0 radical (unpaired) electrons. The van der Waals surface area contributed by atoms with Gasteiger partial charge in [0.25, 0.3) is 0 Å². The molecule has 1 aromatic carbocycles. The lowest BCUT2D eigenvalue weighted by Gasteiger charge is -2.19. The van der Waals surface area contributed by atoms with Crippen LogP contribution < -0.4 is 9.47 Å². The molecule has 1 rings (SSSR count). The van der Waals surface area contributed by atoms with E-state index in [-0.39, 0.29) is 12.3 Å². The normalized spacial score (nSPS) is 11.5. The number of methoxy groups -OCH3 is 2. The van der Waals surface area contributed by atoms with Gasteiger partial charge in [-0.1, -0.05) is 26.2 Å². The lowest BCUT2D eigenvalue weighted by Crippen LogP contribution is -2.09. The number of unbranched alkanes of at least 4 members (excludes halogenated alkanes) is 2. The number of carbonyl (C=O) groups is 1. The minimum atomic E-state index is -0.849. The third-order valence-electron chi connectivity index (χ3n) is 3.69. The van der Waals surface area contributed by atoms with E-state index in [9.17, 15) is 10.1 Å². The molecule has 22 heavy (non-hydrogen) atoms. The highest BCUT2D eigenvalue weighted by atomic mass is 16.5. The highest BCUT2D eigenvalue weighted by Crippen LogP contribution is 2.37. The summed E-state index contributed by atoms with van der Waals surface area (Å²) in [6.07, 6.45) is 3.86. The number of nitrogens with zero attached hydrogens (tertiary/aromatic N) is 1. The van der Waals surface area contributed by atoms with Gasteiger partial charge < -0.3 is 14.6 Å². The Kier molecular flexibility index (Phi) is 7.24. The zero-order valence-electron chi connectivity index (χ0n) is 13.4. The van der Waals surface area contributed by atoms with Crippen molar-refractivity contribution < 1.29 is 19.4 Å². The van der Waals surface area contributed by atoms with Crippen molar-refractivity contribution >= 4 is 5.97 Å². The molecule has 5 heteroatoms. The second-order valence-electron chi connectivity index (χ2n) is 5.20. The third-order valence-corrected chi connectivity index (χ3v) is 3.69. The first-order valence-corrected chi connectivity index (χ1v) is 7.45. The standard InChI is InChI=1S/C17H23NO4/c1-4-5-6-7-12(9-17(19)20)14-8-13(11-18)15(21-2)10-16(14)22-3/h8,10,12H,4-7,9H2,1-3H3,(H,19,20). The molecule has 1 unspecified atom stereocenters. The van der Waals surface area contributed by atoms with Gasteiger partial charge in [0, 0.05) is 6.07 Å². The summed E-state index contributed by atoms with van der Waals surface area (Å²) in [5.41, 5.74) is 1.16. The van der Waals surface area contributed by atoms with Gasteiger partial charge >= 0.3 is 5.97 Å². The Labute approximate surface area is 131 Å². The van der Waals surface area contributed by atoms with Crippen molar-refractivity contribution in [3.63, 3.8) is 0 Å². The summed E-state index contributed by atoms with van der Waals surface area (Å²) in [7, 11) is 3.03. The summed E-state index contributed by atoms with van der Waals surface area (Å²) in [6.45, 7) is 2.11. The highest BCUT2D eigenvalue weighted by molar-refractivity contribution is 5.68. The minimum Gasteiger partial charge on any atom is -0.496 e. The van der Waals surface area contributed by atoms with Gasteiger partial charge in [0.05, 0.1) is 26.2 Å². The molecular formula is C17H23NO4. The molecule has 120 valence electrons. The number of hydrogen-bond donors (Lipinski definition) is 1. The zero-order valence-corrected chi connectivity index (χ0v) is 13.4. The van der Waals surface area contributed by atoms with Crippen LogP contribution in [-0.4, -0.2) is 25.3 Å². The quantitative estimate of drug-likeness (QED) is 0.703. The average Bonchev–Trinajstić information content (AvgIpc) is 2.52. The molecule has 0 aliphatic carbocycles. The molecule has 5 nitrogen and oxygen atoms in total. The summed E-state index contributed by atoms with van der Waals surface area (Å²) in [5, 5.41) is 18.4. The van der Waals surface area contributed by atoms with E-state index in [0.29, 0.717) is 17.1 Å². The molecule has 0 amide bonds. The van der Waals surface area contributed by atoms with Crippen molar-refractivity contribution in [3.05, 3.63) is 23.3 Å². The van der Waals surface area contributed by atoms with Crippen LogP contribution in [0.5, 0.6) is 11.5 Å². The molecule has 1 aromatic rings. The molecule has 0 spiro atoms. The van der Waals surface area contributed by atoms with Gasteiger partial charge in [-0.25, -0.2) is 0 Å². The molecule has 0 heterocycles. The lowest BCUT2D eigenvalue weighted by molar-refractivity contribution is -0.137. The lowest BCUT2D eigenvalue weighted by atomic mass is 9.88. The van der Waals surface area contributed by atoms with E-state index in [1.54, 1.807) is 12.1 Å². The number of hydrogen-bond acceptors (Lipinski definition) is 4. The Morgan fingerprint density at radius 2 is 1.95 bits per heavy atom. The molecule has 0 aliphatic heterocycles. The first kappa shape index (κ1) is 17.8. The molecule has 0 bridgehead atoms. The van der Waals surface area contributed by atoms with Gasteiger partial charge in [0.15, 0.2) is 0 Å². The van der Waals surface area contributed by atoms with Gasteiger partial charge in [-0.05, 0) is 24.0 Å². The fourth-order valence-corrected chi connectivity index (χ4v) is 2.55. The number of ether oxygens (including phenoxy) is 2. The first-order chi connectivity index (χ1) is 10.6. The van der Waals surface area contributed by atoms with Crippen LogP contribution in [0.1, 0.15) is 56.1 Å². The number of aliphatic carboxylic acids is 1. The molecule has 0 aromatic heterocycles.